The molecule has 2 nitrogen and oxygen atoms in total. The van der Waals surface area contributed by atoms with Crippen molar-refractivity contribution in [3.63, 3.8) is 0 Å². The van der Waals surface area contributed by atoms with Gasteiger partial charge in [-0.1, -0.05) is 0 Å². The molecule has 88 valence electrons. The second-order valence-corrected chi connectivity index (χ2v) is 8.99. The van der Waals surface area contributed by atoms with Gasteiger partial charge in [-0.25, -0.2) is 0 Å². The molecule has 2 rings (SSSR count). The third-order valence-corrected chi connectivity index (χ3v) is 6.89. The molecule has 1 N–H and O–H groups in total. The zero-order chi connectivity index (χ0) is 12.5. The Kier molecular flexibility index (Phi) is 3.69. The molecule has 0 fully saturated rings. The van der Waals surface area contributed by atoms with Gasteiger partial charge in [-0.15, -0.1) is 0 Å². The molecule has 0 saturated carbocycles. The maximum absolute atomic E-state index is 12.4. The molecule has 0 spiro atoms. The quantitative estimate of drug-likeness (QED) is 0.855. The summed E-state index contributed by atoms with van der Waals surface area (Å²) in [6, 6.07) is 12.9. The molecule has 2 aromatic carbocycles. The molecule has 0 aliphatic rings. The van der Waals surface area contributed by atoms with E-state index in [1.165, 1.54) is 12.1 Å². The van der Waals surface area contributed by atoms with E-state index in [2.05, 4.69) is 0 Å². The summed E-state index contributed by atoms with van der Waals surface area (Å²) in [7, 11) is 0. The van der Waals surface area contributed by atoms with Crippen molar-refractivity contribution in [2.45, 2.75) is 0 Å². The summed E-state index contributed by atoms with van der Waals surface area (Å²) in [5.74, 6) is 0. The SMILES string of the molecule is O=[As](O)(c1cccc(Cl)c1)c1cccc(Cl)c1. The molecule has 0 atom stereocenters. The molecule has 5 heteroatoms. The Morgan fingerprint density at radius 3 is 1.65 bits per heavy atom. The number of hydrogen-bond donors (Lipinski definition) is 1. The fraction of sp³-hybridized carbons (Fsp3) is 0. The van der Waals surface area contributed by atoms with Crippen LogP contribution < -0.4 is 8.70 Å². The number of hydrogen-bond acceptors (Lipinski definition) is 1. The van der Waals surface area contributed by atoms with Crippen molar-refractivity contribution in [1.29, 1.82) is 0 Å². The Morgan fingerprint density at radius 2 is 1.29 bits per heavy atom. The van der Waals surface area contributed by atoms with E-state index in [-0.39, 0.29) is 0 Å². The number of benzene rings is 2. The van der Waals surface area contributed by atoms with Crippen LogP contribution in [0.5, 0.6) is 0 Å². The fourth-order valence-corrected chi connectivity index (χ4v) is 5.34. The van der Waals surface area contributed by atoms with Gasteiger partial charge in [0.2, 0.25) is 0 Å². The molecular weight excluding hydrogens is 322 g/mol. The Hall–Kier alpha value is -0.662. The van der Waals surface area contributed by atoms with E-state index in [0.717, 1.165) is 0 Å². The maximum atomic E-state index is 12.4. The average molecular weight is 331 g/mol. The van der Waals surface area contributed by atoms with Gasteiger partial charge in [0.15, 0.2) is 0 Å². The van der Waals surface area contributed by atoms with Crippen LogP contribution in [0.15, 0.2) is 48.5 Å². The minimum atomic E-state index is -4.31. The van der Waals surface area contributed by atoms with Crippen molar-refractivity contribution in [2.24, 2.45) is 0 Å². The Balaban J connectivity index is 2.53. The van der Waals surface area contributed by atoms with Crippen LogP contribution in [0, 0.1) is 0 Å². The first-order valence-corrected chi connectivity index (χ1v) is 9.09. The van der Waals surface area contributed by atoms with Gasteiger partial charge in [0.05, 0.1) is 0 Å². The number of rotatable bonds is 2. The number of halogens is 2. The molecule has 17 heavy (non-hydrogen) atoms. The summed E-state index contributed by atoms with van der Waals surface area (Å²) in [5, 5.41) is 0.889. The van der Waals surface area contributed by atoms with E-state index >= 15 is 0 Å². The van der Waals surface area contributed by atoms with Crippen LogP contribution in [0.3, 0.4) is 0 Å². The van der Waals surface area contributed by atoms with Crippen molar-refractivity contribution in [1.82, 2.24) is 0 Å². The van der Waals surface area contributed by atoms with Gasteiger partial charge in [0.1, 0.15) is 0 Å². The van der Waals surface area contributed by atoms with Crippen molar-refractivity contribution in [3.8, 4) is 0 Å². The molecule has 2 aromatic rings. The third-order valence-electron chi connectivity index (χ3n) is 2.32. The minimum absolute atomic E-state index is 0.359. The Morgan fingerprint density at radius 1 is 0.882 bits per heavy atom. The second kappa shape index (κ2) is 4.91. The van der Waals surface area contributed by atoms with Gasteiger partial charge < -0.3 is 0 Å². The summed E-state index contributed by atoms with van der Waals surface area (Å²) in [5.41, 5.74) is 0. The molecule has 0 radical (unpaired) electrons. The molecule has 0 aliphatic heterocycles. The van der Waals surface area contributed by atoms with Crippen LogP contribution in [0.4, 0.5) is 0 Å². The van der Waals surface area contributed by atoms with Crippen LogP contribution in [-0.2, 0) is 3.74 Å². The monoisotopic (exact) mass is 330 g/mol. The van der Waals surface area contributed by atoms with E-state index in [9.17, 15) is 7.84 Å². The topological polar surface area (TPSA) is 37.3 Å². The van der Waals surface area contributed by atoms with Crippen molar-refractivity contribution in [3.05, 3.63) is 58.6 Å². The Labute approximate surface area is 112 Å². The van der Waals surface area contributed by atoms with Gasteiger partial charge in [-0.05, 0) is 0 Å². The fourth-order valence-electron chi connectivity index (χ4n) is 1.48. The first kappa shape index (κ1) is 12.8. The average Bonchev–Trinajstić information content (AvgIpc) is 2.29. The van der Waals surface area contributed by atoms with Gasteiger partial charge in [0.25, 0.3) is 0 Å². The van der Waals surface area contributed by atoms with Crippen molar-refractivity contribution < 1.29 is 7.84 Å². The predicted molar refractivity (Wildman–Crippen MR) is 70.8 cm³/mol. The van der Waals surface area contributed by atoms with E-state index < -0.39 is 13.8 Å². The summed E-state index contributed by atoms with van der Waals surface area (Å²) >= 11 is 7.33. The van der Waals surface area contributed by atoms with Gasteiger partial charge >= 0.3 is 112 Å². The molecule has 0 heterocycles. The van der Waals surface area contributed by atoms with E-state index in [1.54, 1.807) is 36.4 Å². The molecular formula is C12H9AsCl2O2. The summed E-state index contributed by atoms with van der Waals surface area (Å²) in [4.78, 5) is 0. The van der Waals surface area contributed by atoms with E-state index in [1.807, 2.05) is 0 Å². The van der Waals surface area contributed by atoms with Crippen molar-refractivity contribution in [2.75, 3.05) is 0 Å². The van der Waals surface area contributed by atoms with Crippen LogP contribution in [0.25, 0.3) is 0 Å². The normalized spacial score (nSPS) is 11.5. The van der Waals surface area contributed by atoms with Crippen LogP contribution in [0.1, 0.15) is 0 Å². The van der Waals surface area contributed by atoms with E-state index in [4.69, 9.17) is 23.2 Å². The van der Waals surface area contributed by atoms with Crippen molar-refractivity contribution >= 4 is 45.7 Å². The summed E-state index contributed by atoms with van der Waals surface area (Å²) in [6.07, 6.45) is 0. The predicted octanol–water partition coefficient (Wildman–Crippen LogP) is 1.97. The van der Waals surface area contributed by atoms with E-state index in [0.29, 0.717) is 18.7 Å². The van der Waals surface area contributed by atoms with Crippen LogP contribution in [0.2, 0.25) is 10.0 Å². The standard InChI is InChI=1S/C12H9AsCl2O2/c14-11-5-1-3-9(7-11)13(16,17)10-4-2-6-12(15)8-10/h1-8H,(H,16,17). The summed E-state index contributed by atoms with van der Waals surface area (Å²) < 4.78 is 23.3. The molecule has 0 aromatic heterocycles. The first-order chi connectivity index (χ1) is 8.00. The molecule has 0 bridgehead atoms. The first-order valence-electron chi connectivity index (χ1n) is 4.85. The zero-order valence-electron chi connectivity index (χ0n) is 8.68. The third kappa shape index (κ3) is 2.78. The molecule has 0 saturated heterocycles. The zero-order valence-corrected chi connectivity index (χ0v) is 12.1. The molecule has 0 amide bonds. The van der Waals surface area contributed by atoms with Gasteiger partial charge in [0, 0.05) is 0 Å². The molecule has 0 aliphatic carbocycles. The van der Waals surface area contributed by atoms with Gasteiger partial charge in [-0.3, -0.25) is 0 Å². The van der Waals surface area contributed by atoms with Gasteiger partial charge in [-0.2, -0.15) is 0 Å². The van der Waals surface area contributed by atoms with Crippen LogP contribution >= 0.6 is 23.2 Å². The Bertz CT molecular complexity index is 549. The molecule has 0 unspecified atom stereocenters. The van der Waals surface area contributed by atoms with Crippen LogP contribution in [-0.4, -0.2) is 17.9 Å². The summed E-state index contributed by atoms with van der Waals surface area (Å²) in [6.45, 7) is 0. The second-order valence-electron chi connectivity index (χ2n) is 3.54.